The topological polar surface area (TPSA) is 93.1 Å². The van der Waals surface area contributed by atoms with Gasteiger partial charge >= 0.3 is 13.6 Å². The molecule has 6 nitrogen and oxygen atoms in total. The van der Waals surface area contributed by atoms with E-state index < -0.39 is 18.9 Å². The van der Waals surface area contributed by atoms with Crippen molar-refractivity contribution in [2.75, 3.05) is 24.7 Å². The van der Waals surface area contributed by atoms with Crippen LogP contribution in [0.3, 0.4) is 0 Å². The number of unbranched alkanes of at least 4 members (excludes halogenated alkanes) is 12. The van der Waals surface area contributed by atoms with Crippen LogP contribution in [0.5, 0.6) is 0 Å². The zero-order valence-corrected chi connectivity index (χ0v) is 27.1. The molecule has 0 aromatic rings. The highest BCUT2D eigenvalue weighted by Crippen LogP contribution is 2.57. The predicted molar refractivity (Wildman–Crippen MR) is 166 cm³/mol. The molecule has 1 saturated carbocycles. The highest BCUT2D eigenvalue weighted by atomic mass is 32.2. The summed E-state index contributed by atoms with van der Waals surface area (Å²) in [7, 11) is -4.51. The van der Waals surface area contributed by atoms with Gasteiger partial charge in [-0.1, -0.05) is 136 Å². The Hall–Kier alpha value is -0.0700. The molecule has 0 aromatic carbocycles. The van der Waals surface area contributed by atoms with Crippen molar-refractivity contribution in [3.8, 4) is 0 Å². The first-order chi connectivity index (χ1) is 18.9. The molecule has 8 heteroatoms. The molecule has 39 heavy (non-hydrogen) atoms. The summed E-state index contributed by atoms with van der Waals surface area (Å²) in [5.74, 6) is 0.245. The second-order valence-electron chi connectivity index (χ2n) is 11.6. The van der Waals surface area contributed by atoms with Crippen LogP contribution >= 0.6 is 19.4 Å². The van der Waals surface area contributed by atoms with Gasteiger partial charge in [0, 0.05) is 12.4 Å². The number of hydrogen-bond donors (Lipinski definition) is 2. The van der Waals surface area contributed by atoms with Crippen LogP contribution in [0.15, 0.2) is 0 Å². The van der Waals surface area contributed by atoms with Crippen molar-refractivity contribution in [3.63, 3.8) is 0 Å². The van der Waals surface area contributed by atoms with Gasteiger partial charge in [0.1, 0.15) is 0 Å². The average Bonchev–Trinajstić information content (AvgIpc) is 3.19. The van der Waals surface area contributed by atoms with E-state index in [2.05, 4.69) is 6.92 Å². The van der Waals surface area contributed by atoms with Crippen molar-refractivity contribution in [1.29, 1.82) is 0 Å². The van der Waals surface area contributed by atoms with Gasteiger partial charge in [-0.15, -0.1) is 0 Å². The van der Waals surface area contributed by atoms with Crippen molar-refractivity contribution < 1.29 is 28.6 Å². The van der Waals surface area contributed by atoms with Crippen LogP contribution in [0.25, 0.3) is 0 Å². The van der Waals surface area contributed by atoms with Crippen LogP contribution in [0.4, 0.5) is 0 Å². The van der Waals surface area contributed by atoms with Crippen LogP contribution in [0.1, 0.15) is 155 Å². The zero-order valence-electron chi connectivity index (χ0n) is 25.3. The number of rotatable bonds is 26. The molecule has 0 saturated heterocycles. The van der Waals surface area contributed by atoms with Crippen molar-refractivity contribution in [3.05, 3.63) is 0 Å². The Kier molecular flexibility index (Phi) is 22.3. The number of carbonyl (C=O) groups is 1. The van der Waals surface area contributed by atoms with E-state index >= 15 is 0 Å². The lowest BCUT2D eigenvalue weighted by Gasteiger charge is -2.32. The van der Waals surface area contributed by atoms with Crippen LogP contribution in [0, 0.1) is 5.92 Å². The highest BCUT2D eigenvalue weighted by Gasteiger charge is 2.57. The van der Waals surface area contributed by atoms with Crippen molar-refractivity contribution in [1.82, 2.24) is 0 Å². The number of thioether (sulfide) groups is 1. The summed E-state index contributed by atoms with van der Waals surface area (Å²) in [5.41, 5.74) is 0. The molecule has 0 radical (unpaired) electrons. The minimum Gasteiger partial charge on any atom is -0.479 e. The maximum absolute atomic E-state index is 13.1. The molecule has 0 amide bonds. The van der Waals surface area contributed by atoms with Gasteiger partial charge in [0.2, 0.25) is 0 Å². The zero-order chi connectivity index (χ0) is 28.7. The van der Waals surface area contributed by atoms with E-state index in [0.717, 1.165) is 37.4 Å². The van der Waals surface area contributed by atoms with Crippen LogP contribution in [0.2, 0.25) is 0 Å². The monoisotopic (exact) mass is 592 g/mol. The maximum Gasteiger partial charge on any atom is 0.372 e. The molecule has 1 aliphatic rings. The summed E-state index contributed by atoms with van der Waals surface area (Å²) < 4.78 is 24.1. The third kappa shape index (κ3) is 16.2. The summed E-state index contributed by atoms with van der Waals surface area (Å²) >= 11 is 1.40. The van der Waals surface area contributed by atoms with Gasteiger partial charge in [0.05, 0.1) is 6.61 Å². The summed E-state index contributed by atoms with van der Waals surface area (Å²) in [6, 6.07) is 0. The van der Waals surface area contributed by atoms with E-state index in [9.17, 15) is 19.4 Å². The van der Waals surface area contributed by atoms with E-state index in [0.29, 0.717) is 12.8 Å². The van der Waals surface area contributed by atoms with Crippen molar-refractivity contribution in [2.24, 2.45) is 5.92 Å². The Balaban J connectivity index is 2.36. The summed E-state index contributed by atoms with van der Waals surface area (Å²) in [4.78, 5) is 23.0. The number of hydrogen-bond acceptors (Lipinski definition) is 5. The van der Waals surface area contributed by atoms with Crippen LogP contribution < -0.4 is 0 Å². The summed E-state index contributed by atoms with van der Waals surface area (Å²) in [5, 5.41) is 7.86. The molecule has 0 aromatic heterocycles. The van der Waals surface area contributed by atoms with Gasteiger partial charge in [0.15, 0.2) is 0 Å². The van der Waals surface area contributed by atoms with Gasteiger partial charge in [-0.25, -0.2) is 4.79 Å². The van der Waals surface area contributed by atoms with Crippen LogP contribution in [-0.2, 0) is 18.6 Å². The fraction of sp³-hybridized carbons (Fsp3) is 0.968. The molecule has 2 N–H and O–H groups in total. The van der Waals surface area contributed by atoms with Gasteiger partial charge in [-0.2, -0.15) is 11.8 Å². The minimum atomic E-state index is -4.51. The molecule has 2 unspecified atom stereocenters. The lowest BCUT2D eigenvalue weighted by atomic mass is 9.93. The molecular weight excluding hydrogens is 531 g/mol. The number of aliphatic carboxylic acids is 1. The summed E-state index contributed by atoms with van der Waals surface area (Å²) in [6.45, 7) is 4.23. The number of carboxylic acids is 1. The van der Waals surface area contributed by atoms with E-state index in [1.54, 1.807) is 0 Å². The molecule has 1 rings (SSSR count). The van der Waals surface area contributed by atoms with Gasteiger partial charge < -0.3 is 19.3 Å². The van der Waals surface area contributed by atoms with Gasteiger partial charge in [0.25, 0.3) is 5.34 Å². The number of carboxylic acid groups (broad SMARTS) is 1. The Morgan fingerprint density at radius 2 is 1.36 bits per heavy atom. The third-order valence-electron chi connectivity index (χ3n) is 8.02. The van der Waals surface area contributed by atoms with E-state index in [1.165, 1.54) is 114 Å². The standard InChI is InChI=1S/C31H61O6PS/c1-3-5-6-7-8-10-15-20-26-36-31(30(32)33,38(34,35)37-25-4-2)28-39-27-21-16-11-9-12-17-22-29-23-18-13-14-19-24-29/h29H,3-28H2,1-2H3,(H,32,33)(H,34,35). The predicted octanol–water partition coefficient (Wildman–Crippen LogP) is 9.97. The molecule has 0 heterocycles. The first-order valence-electron chi connectivity index (χ1n) is 16.3. The van der Waals surface area contributed by atoms with Crippen LogP contribution in [-0.4, -0.2) is 46.0 Å². The molecule has 0 bridgehead atoms. The smallest absolute Gasteiger partial charge is 0.372 e. The molecule has 0 spiro atoms. The lowest BCUT2D eigenvalue weighted by Crippen LogP contribution is -2.45. The Labute approximate surface area is 244 Å². The molecule has 232 valence electrons. The molecule has 1 fully saturated rings. The minimum absolute atomic E-state index is 0.0370. The highest BCUT2D eigenvalue weighted by molar-refractivity contribution is 7.99. The van der Waals surface area contributed by atoms with Crippen molar-refractivity contribution >= 4 is 25.3 Å². The van der Waals surface area contributed by atoms with E-state index in [1.807, 2.05) is 6.92 Å². The lowest BCUT2D eigenvalue weighted by molar-refractivity contribution is -0.155. The van der Waals surface area contributed by atoms with E-state index in [-0.39, 0.29) is 19.0 Å². The molecule has 2 atom stereocenters. The fourth-order valence-electron chi connectivity index (χ4n) is 5.45. The molecule has 0 aliphatic heterocycles. The Morgan fingerprint density at radius 1 is 0.795 bits per heavy atom. The number of ether oxygens (including phenoxy) is 1. The third-order valence-corrected chi connectivity index (χ3v) is 11.3. The first kappa shape index (κ1) is 37.0. The van der Waals surface area contributed by atoms with E-state index in [4.69, 9.17) is 9.26 Å². The Morgan fingerprint density at radius 3 is 1.95 bits per heavy atom. The first-order valence-corrected chi connectivity index (χ1v) is 19.1. The fourth-order valence-corrected chi connectivity index (χ4v) is 8.55. The largest absolute Gasteiger partial charge is 0.479 e. The average molecular weight is 593 g/mol. The van der Waals surface area contributed by atoms with Gasteiger partial charge in [-0.05, 0) is 30.9 Å². The quantitative estimate of drug-likeness (QED) is 0.0586. The Bertz CT molecular complexity index is 641. The summed E-state index contributed by atoms with van der Waals surface area (Å²) in [6.07, 6.45) is 26.5. The normalized spacial score (nSPS) is 17.9. The SMILES string of the molecule is CCCCCCCCCCOC(CSCCCCCCCCC1CCCCCC1)(C(=O)O)P(=O)(O)OCCC. The van der Waals surface area contributed by atoms with Gasteiger partial charge in [-0.3, -0.25) is 4.57 Å². The second-order valence-corrected chi connectivity index (χ2v) is 14.7. The van der Waals surface area contributed by atoms with Crippen molar-refractivity contribution in [2.45, 2.75) is 160 Å². The second kappa shape index (κ2) is 23.5. The molecule has 1 aliphatic carbocycles. The maximum atomic E-state index is 13.1. The molecular formula is C31H61O6PS.